The first-order valence-electron chi connectivity index (χ1n) is 21.2. The average molecular weight is 1120 g/mol. The molecule has 69 heavy (non-hydrogen) atoms. The molecule has 7 nitrogen and oxygen atoms in total. The molecule has 0 unspecified atom stereocenters. The molecule has 0 saturated carbocycles. The van der Waals surface area contributed by atoms with E-state index in [1.165, 1.54) is 15.6 Å². The smallest absolute Gasteiger partial charge is 0.373 e. The molecule has 0 aliphatic carbocycles. The van der Waals surface area contributed by atoms with Gasteiger partial charge in [0.25, 0.3) is 0 Å². The fourth-order valence-corrected chi connectivity index (χ4v) is 15.5. The predicted octanol–water partition coefficient (Wildman–Crippen LogP) is 14.3. The monoisotopic (exact) mass is 1110 g/mol. The Bertz CT molecular complexity index is 3620. The molecule has 0 aliphatic heterocycles. The van der Waals surface area contributed by atoms with Gasteiger partial charge in [-0.25, -0.2) is 9.97 Å². The topological polar surface area (TPSA) is 79.2 Å². The molecule has 0 bridgehead atoms. The maximum absolute atomic E-state index is 6.19. The van der Waals surface area contributed by atoms with Gasteiger partial charge in [0.1, 0.15) is 0 Å². The number of pyridine rings is 2. The van der Waals surface area contributed by atoms with Crippen LogP contribution >= 0.6 is 89.1 Å². The Morgan fingerprint density at radius 1 is 0.406 bits per heavy atom. The van der Waals surface area contributed by atoms with E-state index in [4.69, 9.17) is 89.7 Å². The zero-order valence-electron chi connectivity index (χ0n) is 36.8. The van der Waals surface area contributed by atoms with Crippen molar-refractivity contribution in [3.05, 3.63) is 176 Å². The van der Waals surface area contributed by atoms with E-state index in [0.29, 0.717) is 5.32 Å². The maximum Gasteiger partial charge on any atom is 0.546 e. The van der Waals surface area contributed by atoms with E-state index in [1.807, 2.05) is 91.1 Å². The van der Waals surface area contributed by atoms with Crippen LogP contribution in [0.25, 0.3) is 86.0 Å². The van der Waals surface area contributed by atoms with E-state index in [0.717, 1.165) is 80.0 Å². The number of rotatable bonds is 9. The fraction of sp³-hybridized carbons (Fsp3) is 0.0588. The summed E-state index contributed by atoms with van der Waals surface area (Å²) in [4.78, 5) is 21.9. The number of thiophene rings is 2. The van der Waals surface area contributed by atoms with Crippen molar-refractivity contribution in [3.8, 4) is 31.6 Å². The number of fused-ring (bicyclic) bond motifs is 5. The summed E-state index contributed by atoms with van der Waals surface area (Å²) in [5.74, 6) is 0. The van der Waals surface area contributed by atoms with Gasteiger partial charge in [-0.15, -0.1) is 89.1 Å². The van der Waals surface area contributed by atoms with Crippen molar-refractivity contribution in [2.45, 2.75) is 0 Å². The van der Waals surface area contributed by atoms with Crippen molar-refractivity contribution in [3.63, 3.8) is 0 Å². The van der Waals surface area contributed by atoms with Crippen molar-refractivity contribution >= 4 is 179 Å². The SMILES string of the molecule is CO[Si](OC)(OC)c1ccc(-c2ccc(-c3cnc4ccccc4n3)s2)s1.Cl[Si](Cl)(Cl)c1ccc2ccc(-c3ccc4cc5ccccc5cc4n3)cc2c1.Cl[Si](Cl)(Cl)c1ccc2ccccc2n1. The molecule has 0 spiro atoms. The van der Waals surface area contributed by atoms with Crippen LogP contribution in [0.1, 0.15) is 0 Å². The minimum atomic E-state index is -2.91. The summed E-state index contributed by atoms with van der Waals surface area (Å²) in [6.45, 7) is 0. The molecule has 0 radical (unpaired) electrons. The highest BCUT2D eigenvalue weighted by Crippen LogP contribution is 2.37. The van der Waals surface area contributed by atoms with E-state index in [2.05, 4.69) is 88.8 Å². The minimum absolute atomic E-state index is 0.584. The standard InChI is InChI=1S/C23H14Cl3NSi.C19H18N2O3S2Si.C9H6Cl3NSi/c24-28(25,26)21-9-7-15-5-6-18(12-20(15)13-21)22-10-8-19-11-16-3-1-2-4-17(16)14-23(19)27-22;1-22-27(23-2,24-3)19-11-10-18(26-19)17-9-8-16(25-17)15-12-20-13-6-4-5-7-14(13)21-15;10-14(11,12)9-6-5-7-3-1-2-4-8(7)13-9/h1-14H;4-12H,1-3H3;1-6H. The lowest BCUT2D eigenvalue weighted by Gasteiger charge is -2.22. The van der Waals surface area contributed by atoms with Gasteiger partial charge >= 0.3 is 20.8 Å². The highest BCUT2D eigenvalue weighted by atomic mass is 35.8. The Morgan fingerprint density at radius 2 is 1.00 bits per heavy atom. The van der Waals surface area contributed by atoms with Crippen molar-refractivity contribution in [2.75, 3.05) is 21.3 Å². The lowest BCUT2D eigenvalue weighted by atomic mass is 10.0. The molecule has 11 aromatic rings. The third-order valence-electron chi connectivity index (χ3n) is 11.2. The van der Waals surface area contributed by atoms with Crippen LogP contribution in [0.5, 0.6) is 0 Å². The number of benzene rings is 6. The van der Waals surface area contributed by atoms with Gasteiger partial charge in [0, 0.05) is 47.4 Å². The molecule has 0 fully saturated rings. The summed E-state index contributed by atoms with van der Waals surface area (Å²) < 4.78 is 17.7. The van der Waals surface area contributed by atoms with E-state index in [-0.39, 0.29) is 0 Å². The summed E-state index contributed by atoms with van der Waals surface area (Å²) in [5, 5.41) is 8.14. The van der Waals surface area contributed by atoms with Crippen LogP contribution in [0, 0.1) is 0 Å². The summed E-state index contributed by atoms with van der Waals surface area (Å²) >= 11 is 39.5. The molecule has 0 atom stereocenters. The van der Waals surface area contributed by atoms with Gasteiger partial charge in [0.05, 0.1) is 54.3 Å². The average Bonchev–Trinajstić information content (AvgIpc) is 4.08. The Labute approximate surface area is 437 Å². The first-order valence-corrected chi connectivity index (χ1v) is 34.6. The number of nitrogens with zero attached hydrogens (tertiary/aromatic N) is 4. The molecule has 11 rings (SSSR count). The third-order valence-corrected chi connectivity index (χ3v) is 22.3. The van der Waals surface area contributed by atoms with Gasteiger partial charge in [-0.2, -0.15) is 0 Å². The van der Waals surface area contributed by atoms with Crippen LogP contribution in [0.4, 0.5) is 0 Å². The highest BCUT2D eigenvalue weighted by molar-refractivity contribution is 7.70. The first kappa shape index (κ1) is 49.6. The maximum atomic E-state index is 6.19. The number of halogens is 6. The minimum Gasteiger partial charge on any atom is -0.373 e. The molecular weight excluding hydrogens is 1080 g/mol. The third kappa shape index (κ3) is 11.3. The zero-order valence-corrected chi connectivity index (χ0v) is 46.0. The van der Waals surface area contributed by atoms with Crippen LogP contribution in [0.3, 0.4) is 0 Å². The Morgan fingerprint density at radius 3 is 1.72 bits per heavy atom. The Kier molecular flexibility index (Phi) is 15.2. The quantitative estimate of drug-likeness (QED) is 0.0809. The van der Waals surface area contributed by atoms with Crippen LogP contribution in [-0.4, -0.2) is 62.1 Å². The van der Waals surface area contributed by atoms with Crippen LogP contribution in [0.2, 0.25) is 0 Å². The van der Waals surface area contributed by atoms with E-state index in [1.54, 1.807) is 50.1 Å². The summed E-state index contributed by atoms with van der Waals surface area (Å²) in [5.41, 5.74) is 6.52. The fourth-order valence-electron chi connectivity index (χ4n) is 7.65. The molecule has 0 aliphatic rings. The van der Waals surface area contributed by atoms with Gasteiger partial charge in [-0.1, -0.05) is 97.1 Å². The van der Waals surface area contributed by atoms with Gasteiger partial charge in [-0.3, -0.25) is 9.97 Å². The van der Waals surface area contributed by atoms with Crippen molar-refractivity contribution in [1.29, 1.82) is 0 Å². The van der Waals surface area contributed by atoms with Crippen LogP contribution in [0.15, 0.2) is 176 Å². The number of hydrogen-bond donors (Lipinski definition) is 0. The predicted molar refractivity (Wildman–Crippen MR) is 302 cm³/mol. The first-order chi connectivity index (χ1) is 33.2. The normalized spacial score (nSPS) is 12.0. The second-order valence-electron chi connectivity index (χ2n) is 15.5. The molecule has 0 amide bonds. The molecule has 0 saturated heterocycles. The van der Waals surface area contributed by atoms with Gasteiger partial charge in [0.15, 0.2) is 0 Å². The second-order valence-corrected chi connectivity index (χ2v) is 37.7. The number of hydrogen-bond acceptors (Lipinski definition) is 9. The molecule has 5 aromatic heterocycles. The van der Waals surface area contributed by atoms with E-state index in [9.17, 15) is 0 Å². The van der Waals surface area contributed by atoms with E-state index >= 15 is 0 Å². The van der Waals surface area contributed by atoms with Gasteiger partial charge in [-0.05, 0) is 99.5 Å². The molecule has 6 aromatic carbocycles. The number of aromatic nitrogens is 4. The molecule has 346 valence electrons. The second kappa shape index (κ2) is 21.2. The van der Waals surface area contributed by atoms with Gasteiger partial charge in [0.2, 0.25) is 0 Å². The van der Waals surface area contributed by atoms with Crippen LogP contribution in [-0.2, 0) is 13.3 Å². The molecule has 18 heteroatoms. The summed E-state index contributed by atoms with van der Waals surface area (Å²) in [6, 6.07) is 50.9. The molecule has 5 heterocycles. The largest absolute Gasteiger partial charge is 0.546 e. The molecular formula is C51H38Cl6N4O3S2Si3. The molecule has 0 N–H and O–H groups in total. The Hall–Kier alpha value is -4.33. The van der Waals surface area contributed by atoms with E-state index < -0.39 is 20.8 Å². The van der Waals surface area contributed by atoms with Crippen molar-refractivity contribution < 1.29 is 13.3 Å². The highest BCUT2D eigenvalue weighted by Gasteiger charge is 2.42. The summed E-state index contributed by atoms with van der Waals surface area (Å²) in [7, 11) is 2.08. The summed E-state index contributed by atoms with van der Waals surface area (Å²) in [6.07, 6.45) is 1.83. The van der Waals surface area contributed by atoms with Crippen molar-refractivity contribution in [2.24, 2.45) is 0 Å². The van der Waals surface area contributed by atoms with Crippen LogP contribution < -0.4 is 15.0 Å². The lowest BCUT2D eigenvalue weighted by molar-refractivity contribution is 0.141. The van der Waals surface area contributed by atoms with Crippen molar-refractivity contribution in [1.82, 2.24) is 19.9 Å². The van der Waals surface area contributed by atoms with Gasteiger partial charge < -0.3 is 13.3 Å². The zero-order chi connectivity index (χ0) is 48.3. The number of para-hydroxylation sites is 3. The Balaban J connectivity index is 0.000000136. The lowest BCUT2D eigenvalue weighted by Crippen LogP contribution is -2.53.